The third kappa shape index (κ3) is 3.92. The Bertz CT molecular complexity index is 470. The van der Waals surface area contributed by atoms with Crippen LogP contribution < -0.4 is 11.3 Å². The maximum absolute atomic E-state index is 5.64. The minimum Gasteiger partial charge on any atom is -0.271 e. The largest absolute Gasteiger partial charge is 0.271 e. The summed E-state index contributed by atoms with van der Waals surface area (Å²) < 4.78 is 1.19. The van der Waals surface area contributed by atoms with Gasteiger partial charge >= 0.3 is 0 Å². The number of thiophene rings is 1. The van der Waals surface area contributed by atoms with Crippen molar-refractivity contribution in [1.29, 1.82) is 0 Å². The van der Waals surface area contributed by atoms with Crippen molar-refractivity contribution in [2.24, 2.45) is 5.84 Å². The number of hydrazine groups is 1. The van der Waals surface area contributed by atoms with Crippen molar-refractivity contribution in [2.45, 2.75) is 25.3 Å². The Morgan fingerprint density at radius 1 is 1.22 bits per heavy atom. The number of hydrogen-bond donors (Lipinski definition) is 2. The first-order valence-corrected chi connectivity index (χ1v) is 7.69. The molecular formula is C14H17BrN2S. The Morgan fingerprint density at radius 3 is 2.61 bits per heavy atom. The van der Waals surface area contributed by atoms with Crippen molar-refractivity contribution in [2.75, 3.05) is 0 Å². The third-order valence-corrected chi connectivity index (χ3v) is 4.93. The van der Waals surface area contributed by atoms with E-state index in [1.165, 1.54) is 14.9 Å². The molecule has 0 aliphatic heterocycles. The average Bonchev–Trinajstić information content (AvgIpc) is 2.81. The monoisotopic (exact) mass is 324 g/mol. The predicted molar refractivity (Wildman–Crippen MR) is 81.6 cm³/mol. The highest BCUT2D eigenvalue weighted by Crippen LogP contribution is 2.24. The molecule has 18 heavy (non-hydrogen) atoms. The normalized spacial score (nSPS) is 12.6. The zero-order valence-corrected chi connectivity index (χ0v) is 12.5. The van der Waals surface area contributed by atoms with Crippen LogP contribution >= 0.6 is 27.3 Å². The smallest absolute Gasteiger partial charge is 0.0314 e. The van der Waals surface area contributed by atoms with Crippen LogP contribution in [0.25, 0.3) is 0 Å². The van der Waals surface area contributed by atoms with E-state index in [9.17, 15) is 0 Å². The van der Waals surface area contributed by atoms with Gasteiger partial charge in [-0.1, -0.05) is 30.3 Å². The summed E-state index contributed by atoms with van der Waals surface area (Å²) in [5, 5.41) is 2.10. The van der Waals surface area contributed by atoms with Crippen LogP contribution in [0.2, 0.25) is 0 Å². The van der Waals surface area contributed by atoms with Crippen LogP contribution in [-0.2, 0) is 12.8 Å². The van der Waals surface area contributed by atoms with E-state index in [-0.39, 0.29) is 0 Å². The van der Waals surface area contributed by atoms with Crippen molar-refractivity contribution >= 4 is 27.3 Å². The van der Waals surface area contributed by atoms with Crippen LogP contribution in [0, 0.1) is 0 Å². The first-order chi connectivity index (χ1) is 8.79. The summed E-state index contributed by atoms with van der Waals surface area (Å²) in [6.45, 7) is 0. The van der Waals surface area contributed by atoms with Gasteiger partial charge in [-0.05, 0) is 52.2 Å². The van der Waals surface area contributed by atoms with Crippen molar-refractivity contribution < 1.29 is 0 Å². The van der Waals surface area contributed by atoms with Gasteiger partial charge in [-0.2, -0.15) is 0 Å². The predicted octanol–water partition coefficient (Wildman–Crippen LogP) is 3.52. The first-order valence-electron chi connectivity index (χ1n) is 6.01. The van der Waals surface area contributed by atoms with Crippen LogP contribution in [-0.4, -0.2) is 6.04 Å². The van der Waals surface area contributed by atoms with Crippen LogP contribution in [0.15, 0.2) is 46.3 Å². The Morgan fingerprint density at radius 2 is 2.00 bits per heavy atom. The van der Waals surface area contributed by atoms with Crippen LogP contribution in [0.5, 0.6) is 0 Å². The summed E-state index contributed by atoms with van der Waals surface area (Å²) in [7, 11) is 0. The van der Waals surface area contributed by atoms with Gasteiger partial charge in [0.2, 0.25) is 0 Å². The molecule has 0 saturated carbocycles. The van der Waals surface area contributed by atoms with Crippen molar-refractivity contribution in [3.05, 3.63) is 56.7 Å². The first kappa shape index (κ1) is 13.7. The van der Waals surface area contributed by atoms with Gasteiger partial charge in [0.15, 0.2) is 0 Å². The van der Waals surface area contributed by atoms with E-state index in [2.05, 4.69) is 57.1 Å². The minimum absolute atomic E-state index is 0.320. The molecule has 1 atom stereocenters. The van der Waals surface area contributed by atoms with E-state index >= 15 is 0 Å². The Hall–Kier alpha value is -0.680. The van der Waals surface area contributed by atoms with E-state index in [4.69, 9.17) is 5.84 Å². The molecule has 0 saturated heterocycles. The fourth-order valence-corrected chi connectivity index (χ4v) is 3.52. The molecule has 0 radical (unpaired) electrons. The van der Waals surface area contributed by atoms with E-state index < -0.39 is 0 Å². The van der Waals surface area contributed by atoms with Crippen LogP contribution in [0.1, 0.15) is 16.9 Å². The molecule has 1 unspecified atom stereocenters. The molecule has 0 bridgehead atoms. The Kier molecular flexibility index (Phi) is 5.38. The third-order valence-electron chi connectivity index (χ3n) is 2.98. The van der Waals surface area contributed by atoms with Gasteiger partial charge in [0, 0.05) is 15.4 Å². The topological polar surface area (TPSA) is 38.0 Å². The number of aryl methyl sites for hydroxylation is 1. The van der Waals surface area contributed by atoms with E-state index in [0.717, 1.165) is 19.3 Å². The van der Waals surface area contributed by atoms with Gasteiger partial charge in [0.25, 0.3) is 0 Å². The molecule has 0 fully saturated rings. The lowest BCUT2D eigenvalue weighted by Gasteiger charge is -2.15. The summed E-state index contributed by atoms with van der Waals surface area (Å²) in [6.07, 6.45) is 3.07. The summed E-state index contributed by atoms with van der Waals surface area (Å²) in [6, 6.07) is 12.9. The highest BCUT2D eigenvalue weighted by atomic mass is 79.9. The molecule has 3 N–H and O–H groups in total. The maximum Gasteiger partial charge on any atom is 0.0314 e. The van der Waals surface area contributed by atoms with Gasteiger partial charge in [-0.25, -0.2) is 0 Å². The molecule has 2 aromatic rings. The summed E-state index contributed by atoms with van der Waals surface area (Å²) in [5.74, 6) is 5.64. The fraction of sp³-hybridized carbons (Fsp3) is 0.286. The van der Waals surface area contributed by atoms with Crippen LogP contribution in [0.3, 0.4) is 0 Å². The molecule has 1 heterocycles. The summed E-state index contributed by atoms with van der Waals surface area (Å²) >= 11 is 5.33. The molecule has 0 amide bonds. The highest BCUT2D eigenvalue weighted by Gasteiger charge is 2.11. The molecule has 0 spiro atoms. The van der Waals surface area contributed by atoms with Gasteiger partial charge in [-0.3, -0.25) is 11.3 Å². The SMILES string of the molecule is NNC(CCc1ccccc1)Cc1sccc1Br. The lowest BCUT2D eigenvalue weighted by atomic mass is 10.0. The summed E-state index contributed by atoms with van der Waals surface area (Å²) in [5.41, 5.74) is 4.29. The second kappa shape index (κ2) is 7.04. The molecule has 1 aromatic heterocycles. The van der Waals surface area contributed by atoms with Gasteiger partial charge < -0.3 is 0 Å². The van der Waals surface area contributed by atoms with E-state index in [1.807, 2.05) is 6.07 Å². The molecule has 0 aliphatic rings. The highest BCUT2D eigenvalue weighted by molar-refractivity contribution is 9.10. The minimum atomic E-state index is 0.320. The van der Waals surface area contributed by atoms with E-state index in [0.29, 0.717) is 6.04 Å². The van der Waals surface area contributed by atoms with Gasteiger partial charge in [0.05, 0.1) is 0 Å². The van der Waals surface area contributed by atoms with Gasteiger partial charge in [-0.15, -0.1) is 11.3 Å². The molecule has 0 aliphatic carbocycles. The Balaban J connectivity index is 1.88. The van der Waals surface area contributed by atoms with Crippen molar-refractivity contribution in [1.82, 2.24) is 5.43 Å². The molecule has 1 aromatic carbocycles. The Labute approximate surface area is 120 Å². The molecule has 4 heteroatoms. The zero-order valence-electron chi connectivity index (χ0n) is 10.1. The van der Waals surface area contributed by atoms with Crippen molar-refractivity contribution in [3.63, 3.8) is 0 Å². The number of benzene rings is 1. The zero-order chi connectivity index (χ0) is 12.8. The van der Waals surface area contributed by atoms with E-state index in [1.54, 1.807) is 11.3 Å². The second-order valence-corrected chi connectivity index (χ2v) is 6.14. The average molecular weight is 325 g/mol. The second-order valence-electron chi connectivity index (χ2n) is 4.28. The number of rotatable bonds is 6. The quantitative estimate of drug-likeness (QED) is 0.630. The number of nitrogens with two attached hydrogens (primary N) is 1. The molecule has 2 nitrogen and oxygen atoms in total. The number of hydrogen-bond acceptors (Lipinski definition) is 3. The maximum atomic E-state index is 5.64. The fourth-order valence-electron chi connectivity index (χ4n) is 1.92. The van der Waals surface area contributed by atoms with Crippen LogP contribution in [0.4, 0.5) is 0 Å². The standard InChI is InChI=1S/C14H17BrN2S/c15-13-8-9-18-14(13)10-12(17-16)7-6-11-4-2-1-3-5-11/h1-5,8-9,12,17H,6-7,10,16H2. The lowest BCUT2D eigenvalue weighted by molar-refractivity contribution is 0.493. The molecular weight excluding hydrogens is 308 g/mol. The summed E-state index contributed by atoms with van der Waals surface area (Å²) in [4.78, 5) is 1.35. The number of nitrogens with one attached hydrogen (secondary N) is 1. The van der Waals surface area contributed by atoms with Gasteiger partial charge in [0.1, 0.15) is 0 Å². The number of halogens is 1. The van der Waals surface area contributed by atoms with Crippen molar-refractivity contribution in [3.8, 4) is 0 Å². The lowest BCUT2D eigenvalue weighted by Crippen LogP contribution is -2.37. The molecule has 96 valence electrons. The molecule has 2 rings (SSSR count).